The third-order valence-corrected chi connectivity index (χ3v) is 5.94. The quantitative estimate of drug-likeness (QED) is 0.328. The van der Waals surface area contributed by atoms with Crippen LogP contribution in [0.15, 0.2) is 47.4 Å². The average molecular weight is 435 g/mol. The third-order valence-electron chi connectivity index (χ3n) is 5.94. The first-order valence-electron chi connectivity index (χ1n) is 9.84. The number of benzene rings is 2. The van der Waals surface area contributed by atoms with Crippen molar-refractivity contribution in [2.75, 3.05) is 5.32 Å². The smallest absolute Gasteiger partial charge is 0.194 e. The number of allylic oxidation sites excluding steroid dienone is 4. The van der Waals surface area contributed by atoms with Gasteiger partial charge < -0.3 is 25.4 Å². The number of anilines is 1. The molecule has 0 bridgehead atoms. The molecule has 1 aliphatic heterocycles. The number of phenols is 3. The van der Waals surface area contributed by atoms with E-state index >= 15 is 0 Å². The first-order valence-corrected chi connectivity index (χ1v) is 9.84. The predicted molar refractivity (Wildman–Crippen MR) is 115 cm³/mol. The van der Waals surface area contributed by atoms with Crippen LogP contribution in [0.5, 0.6) is 23.0 Å². The molecule has 0 unspecified atom stereocenters. The minimum Gasteiger partial charge on any atom is -0.508 e. The van der Waals surface area contributed by atoms with E-state index in [9.17, 15) is 29.7 Å². The van der Waals surface area contributed by atoms with Crippen LogP contribution in [-0.2, 0) is 15.0 Å². The molecule has 1 heterocycles. The molecule has 0 spiro atoms. The van der Waals surface area contributed by atoms with E-state index in [0.29, 0.717) is 5.69 Å². The van der Waals surface area contributed by atoms with Crippen molar-refractivity contribution in [3.8, 4) is 23.0 Å². The highest BCUT2D eigenvalue weighted by Crippen LogP contribution is 2.57. The van der Waals surface area contributed by atoms with E-state index in [1.807, 2.05) is 0 Å². The highest BCUT2D eigenvalue weighted by Gasteiger charge is 2.56. The molecule has 0 fully saturated rings. The van der Waals surface area contributed by atoms with Gasteiger partial charge in [0.15, 0.2) is 17.3 Å². The molecule has 4 rings (SSSR count). The number of ketones is 3. The van der Waals surface area contributed by atoms with Gasteiger partial charge in [-0.15, -0.1) is 0 Å². The normalized spacial score (nSPS) is 20.8. The van der Waals surface area contributed by atoms with Crippen LogP contribution in [0, 0.1) is 6.92 Å². The van der Waals surface area contributed by atoms with Gasteiger partial charge in [-0.1, -0.05) is 6.07 Å². The highest BCUT2D eigenvalue weighted by atomic mass is 16.5. The molecule has 2 aromatic carbocycles. The Hall–Kier alpha value is -4.07. The van der Waals surface area contributed by atoms with Gasteiger partial charge in [-0.25, -0.2) is 0 Å². The largest absolute Gasteiger partial charge is 0.508 e. The molecule has 0 aromatic heterocycles. The van der Waals surface area contributed by atoms with E-state index in [0.717, 1.165) is 6.08 Å². The van der Waals surface area contributed by atoms with Gasteiger partial charge >= 0.3 is 0 Å². The Morgan fingerprint density at radius 1 is 1.09 bits per heavy atom. The molecular weight excluding hydrogens is 414 g/mol. The Labute approximate surface area is 183 Å². The lowest BCUT2D eigenvalue weighted by Crippen LogP contribution is -2.40. The molecule has 0 amide bonds. The van der Waals surface area contributed by atoms with E-state index in [4.69, 9.17) is 4.74 Å². The van der Waals surface area contributed by atoms with Crippen molar-refractivity contribution in [3.63, 3.8) is 0 Å². The van der Waals surface area contributed by atoms with Crippen molar-refractivity contribution in [2.45, 2.75) is 33.1 Å². The molecule has 1 atom stereocenters. The van der Waals surface area contributed by atoms with Crippen molar-refractivity contribution >= 4 is 23.0 Å². The Balaban J connectivity index is 1.92. The molecule has 2 aromatic rings. The summed E-state index contributed by atoms with van der Waals surface area (Å²) in [6, 6.07) is 6.20. The third kappa shape index (κ3) is 2.80. The van der Waals surface area contributed by atoms with E-state index in [1.54, 1.807) is 19.1 Å². The second-order valence-electron chi connectivity index (χ2n) is 8.06. The number of aromatic hydroxyl groups is 3. The average Bonchev–Trinajstić information content (AvgIpc) is 2.99. The summed E-state index contributed by atoms with van der Waals surface area (Å²) >= 11 is 0. The molecule has 164 valence electrons. The second kappa shape index (κ2) is 6.98. The lowest BCUT2D eigenvalue weighted by Gasteiger charge is -2.29. The van der Waals surface area contributed by atoms with Gasteiger partial charge in [-0.05, 0) is 39.8 Å². The fourth-order valence-corrected chi connectivity index (χ4v) is 4.23. The van der Waals surface area contributed by atoms with Gasteiger partial charge in [0.05, 0.1) is 11.1 Å². The summed E-state index contributed by atoms with van der Waals surface area (Å²) in [5, 5.41) is 33.8. The number of Topliss-reactive ketones (excluding diaryl/α,β-unsaturated/α-hetero) is 2. The molecule has 0 saturated carbocycles. The van der Waals surface area contributed by atoms with Crippen molar-refractivity contribution in [3.05, 3.63) is 64.1 Å². The second-order valence-corrected chi connectivity index (χ2v) is 8.06. The molecule has 1 aliphatic carbocycles. The summed E-state index contributed by atoms with van der Waals surface area (Å²) in [5.74, 6) is -2.71. The summed E-state index contributed by atoms with van der Waals surface area (Å²) in [5.41, 5.74) is -1.10. The predicted octanol–water partition coefficient (Wildman–Crippen LogP) is 3.39. The molecule has 8 heteroatoms. The molecule has 8 nitrogen and oxygen atoms in total. The Kier molecular flexibility index (Phi) is 4.62. The number of phenolic OH excluding ortho intramolecular Hbond substituents is 3. The van der Waals surface area contributed by atoms with Gasteiger partial charge in [0.1, 0.15) is 39.7 Å². The van der Waals surface area contributed by atoms with Crippen LogP contribution in [0.1, 0.15) is 42.3 Å². The number of hydrogen-bond acceptors (Lipinski definition) is 8. The number of rotatable bonds is 3. The van der Waals surface area contributed by atoms with Crippen molar-refractivity contribution in [1.82, 2.24) is 0 Å². The summed E-state index contributed by atoms with van der Waals surface area (Å²) in [6.07, 6.45) is 1.15. The van der Waals surface area contributed by atoms with Crippen LogP contribution in [0.3, 0.4) is 0 Å². The summed E-state index contributed by atoms with van der Waals surface area (Å²) in [4.78, 5) is 38.8. The number of carbonyl (C=O) groups excluding carboxylic acids is 3. The zero-order chi connectivity index (χ0) is 23.5. The van der Waals surface area contributed by atoms with Crippen LogP contribution in [0.4, 0.5) is 5.69 Å². The lowest BCUT2D eigenvalue weighted by molar-refractivity contribution is -0.123. The van der Waals surface area contributed by atoms with E-state index in [-0.39, 0.29) is 51.0 Å². The molecule has 0 saturated heterocycles. The zero-order valence-electron chi connectivity index (χ0n) is 17.9. The van der Waals surface area contributed by atoms with Gasteiger partial charge in [0, 0.05) is 29.1 Å². The van der Waals surface area contributed by atoms with Crippen molar-refractivity contribution in [1.29, 1.82) is 0 Å². The maximum atomic E-state index is 13.7. The zero-order valence-corrected chi connectivity index (χ0v) is 17.9. The fraction of sp³-hybridized carbons (Fsp3) is 0.208. The number of ether oxygens (including phenoxy) is 1. The highest BCUT2D eigenvalue weighted by molar-refractivity contribution is 6.31. The molecule has 4 N–H and O–H groups in total. The number of fused-ring (bicyclic) bond motifs is 3. The summed E-state index contributed by atoms with van der Waals surface area (Å²) in [6.45, 7) is 5.71. The number of carbonyl (C=O) groups is 3. The Morgan fingerprint density at radius 3 is 2.41 bits per heavy atom. The Bertz CT molecular complexity index is 1300. The fourth-order valence-electron chi connectivity index (χ4n) is 4.23. The van der Waals surface area contributed by atoms with E-state index in [1.165, 1.54) is 32.9 Å². The van der Waals surface area contributed by atoms with Crippen LogP contribution in [-0.4, -0.2) is 32.7 Å². The minimum atomic E-state index is -1.58. The van der Waals surface area contributed by atoms with Crippen molar-refractivity contribution < 1.29 is 34.4 Å². The number of nitrogens with one attached hydrogen (secondary N) is 1. The topological polar surface area (TPSA) is 133 Å². The lowest BCUT2D eigenvalue weighted by atomic mass is 9.70. The SMILES string of the molecule is CC(=O)c1c(O)c(C)c(O)c2c1OC1=CC(=O)C(=C(C)Nc3cccc(O)c3)C(=O)[C@@]12C. The van der Waals surface area contributed by atoms with Gasteiger partial charge in [-0.3, -0.25) is 14.4 Å². The van der Waals surface area contributed by atoms with Crippen LogP contribution in [0.2, 0.25) is 0 Å². The van der Waals surface area contributed by atoms with Crippen LogP contribution < -0.4 is 10.1 Å². The van der Waals surface area contributed by atoms with Crippen LogP contribution in [0.25, 0.3) is 0 Å². The van der Waals surface area contributed by atoms with Crippen molar-refractivity contribution in [2.24, 2.45) is 0 Å². The maximum Gasteiger partial charge on any atom is 0.194 e. The molecule has 32 heavy (non-hydrogen) atoms. The molecular formula is C24H21NO7. The van der Waals surface area contributed by atoms with E-state index in [2.05, 4.69) is 5.32 Å². The van der Waals surface area contributed by atoms with Crippen LogP contribution >= 0.6 is 0 Å². The van der Waals surface area contributed by atoms with Gasteiger partial charge in [0.25, 0.3) is 0 Å². The molecule has 2 aliphatic rings. The maximum absolute atomic E-state index is 13.7. The first-order chi connectivity index (χ1) is 15.0. The van der Waals surface area contributed by atoms with Gasteiger partial charge in [-0.2, -0.15) is 0 Å². The standard InChI is InChI=1S/C24H21NO7/c1-10-20(29)18(12(3)26)22-19(21(10)30)24(4)16(32-22)9-15(28)17(23(24)31)11(2)25-13-6-5-7-14(27)8-13/h5-9,25,27,29-30H,1-4H3/t24-/m0/s1. The first kappa shape index (κ1) is 21.2. The molecule has 0 radical (unpaired) electrons. The summed E-state index contributed by atoms with van der Waals surface area (Å²) in [7, 11) is 0. The monoisotopic (exact) mass is 435 g/mol. The summed E-state index contributed by atoms with van der Waals surface area (Å²) < 4.78 is 5.73. The minimum absolute atomic E-state index is 0.0123. The number of hydrogen-bond donors (Lipinski definition) is 4. The van der Waals surface area contributed by atoms with Gasteiger partial charge in [0.2, 0.25) is 0 Å². The Morgan fingerprint density at radius 2 is 1.78 bits per heavy atom. The van der Waals surface area contributed by atoms with E-state index < -0.39 is 28.5 Å².